The van der Waals surface area contributed by atoms with E-state index in [0.717, 1.165) is 18.4 Å². The Bertz CT molecular complexity index is 421. The molecule has 1 aromatic rings. The molecule has 1 aromatic carbocycles. The van der Waals surface area contributed by atoms with E-state index in [1.54, 1.807) is 18.2 Å². The van der Waals surface area contributed by atoms with Crippen molar-refractivity contribution in [1.82, 2.24) is 0 Å². The number of carboxylic acids is 1. The molecule has 2 N–H and O–H groups in total. The standard InChI is InChI=1S/C14H18O3/c1-14(6-3-7-14)12(9-13(16)17)10-4-2-5-11(15)8-10/h2,4-5,8,12,15H,3,6-7,9H2,1H3,(H,16,17)/t12-/m1/s1. The Morgan fingerprint density at radius 3 is 2.65 bits per heavy atom. The van der Waals surface area contributed by atoms with E-state index in [1.165, 1.54) is 6.42 Å². The van der Waals surface area contributed by atoms with Gasteiger partial charge in [-0.1, -0.05) is 25.5 Å². The van der Waals surface area contributed by atoms with Crippen molar-refractivity contribution >= 4 is 5.97 Å². The highest BCUT2D eigenvalue weighted by molar-refractivity contribution is 5.68. The average Bonchev–Trinajstić information content (AvgIpc) is 2.22. The lowest BCUT2D eigenvalue weighted by atomic mass is 9.60. The fraction of sp³-hybridized carbons (Fsp3) is 0.500. The Hall–Kier alpha value is -1.51. The zero-order chi connectivity index (χ0) is 12.5. The maximum atomic E-state index is 11.0. The highest BCUT2D eigenvalue weighted by Crippen LogP contribution is 2.52. The number of rotatable bonds is 4. The van der Waals surface area contributed by atoms with Crippen molar-refractivity contribution in [2.45, 2.75) is 38.5 Å². The number of aliphatic carboxylic acids is 1. The summed E-state index contributed by atoms with van der Waals surface area (Å²) in [5.41, 5.74) is 1.02. The third-order valence-electron chi connectivity index (χ3n) is 3.99. The first-order valence-corrected chi connectivity index (χ1v) is 6.02. The van der Waals surface area contributed by atoms with Gasteiger partial charge in [0.25, 0.3) is 0 Å². The summed E-state index contributed by atoms with van der Waals surface area (Å²) < 4.78 is 0. The lowest BCUT2D eigenvalue weighted by molar-refractivity contribution is -0.138. The quantitative estimate of drug-likeness (QED) is 0.841. The summed E-state index contributed by atoms with van der Waals surface area (Å²) in [6, 6.07) is 7.00. The summed E-state index contributed by atoms with van der Waals surface area (Å²) in [6.07, 6.45) is 3.45. The van der Waals surface area contributed by atoms with Crippen molar-refractivity contribution in [3.8, 4) is 5.75 Å². The normalized spacial score (nSPS) is 19.4. The van der Waals surface area contributed by atoms with Crippen LogP contribution in [0.15, 0.2) is 24.3 Å². The van der Waals surface area contributed by atoms with Crippen molar-refractivity contribution in [2.75, 3.05) is 0 Å². The largest absolute Gasteiger partial charge is 0.508 e. The molecular weight excluding hydrogens is 216 g/mol. The maximum absolute atomic E-state index is 11.0. The number of hydrogen-bond acceptors (Lipinski definition) is 2. The molecule has 0 radical (unpaired) electrons. The smallest absolute Gasteiger partial charge is 0.303 e. The molecule has 3 nitrogen and oxygen atoms in total. The van der Waals surface area contributed by atoms with Crippen LogP contribution < -0.4 is 0 Å². The minimum atomic E-state index is -0.772. The predicted octanol–water partition coefficient (Wildman–Crippen LogP) is 3.14. The molecule has 0 aliphatic heterocycles. The maximum Gasteiger partial charge on any atom is 0.303 e. The molecule has 0 bridgehead atoms. The molecule has 0 spiro atoms. The molecule has 2 rings (SSSR count). The minimum Gasteiger partial charge on any atom is -0.508 e. The van der Waals surface area contributed by atoms with E-state index in [4.69, 9.17) is 5.11 Å². The lowest BCUT2D eigenvalue weighted by Gasteiger charge is -2.45. The monoisotopic (exact) mass is 234 g/mol. The highest BCUT2D eigenvalue weighted by Gasteiger charge is 2.41. The third-order valence-corrected chi connectivity index (χ3v) is 3.99. The molecular formula is C14H18O3. The zero-order valence-corrected chi connectivity index (χ0v) is 10.0. The summed E-state index contributed by atoms with van der Waals surface area (Å²) in [4.78, 5) is 11.0. The van der Waals surface area contributed by atoms with Crippen LogP contribution in [0.25, 0.3) is 0 Å². The molecule has 0 aromatic heterocycles. The summed E-state index contributed by atoms with van der Waals surface area (Å²) in [6.45, 7) is 2.15. The fourth-order valence-corrected chi connectivity index (χ4v) is 2.77. The van der Waals surface area contributed by atoms with Crippen LogP contribution in [0.2, 0.25) is 0 Å². The van der Waals surface area contributed by atoms with Gasteiger partial charge < -0.3 is 10.2 Å². The zero-order valence-electron chi connectivity index (χ0n) is 10.0. The number of carboxylic acid groups (broad SMARTS) is 1. The first kappa shape index (κ1) is 12.0. The van der Waals surface area contributed by atoms with E-state index >= 15 is 0 Å². The third kappa shape index (κ3) is 2.43. The number of carbonyl (C=O) groups is 1. The number of aromatic hydroxyl groups is 1. The van der Waals surface area contributed by atoms with Crippen molar-refractivity contribution in [3.05, 3.63) is 29.8 Å². The lowest BCUT2D eigenvalue weighted by Crippen LogP contribution is -2.34. The van der Waals surface area contributed by atoms with Gasteiger partial charge in [-0.15, -0.1) is 0 Å². The van der Waals surface area contributed by atoms with Gasteiger partial charge in [-0.25, -0.2) is 0 Å². The first-order valence-electron chi connectivity index (χ1n) is 6.02. The van der Waals surface area contributed by atoms with Crippen LogP contribution in [0.5, 0.6) is 5.75 Å². The van der Waals surface area contributed by atoms with Gasteiger partial charge in [-0.3, -0.25) is 4.79 Å². The molecule has 1 atom stereocenters. The summed E-state index contributed by atoms with van der Waals surface area (Å²) >= 11 is 0. The van der Waals surface area contributed by atoms with E-state index in [9.17, 15) is 9.90 Å². The molecule has 0 amide bonds. The van der Waals surface area contributed by atoms with Crippen LogP contribution in [0.4, 0.5) is 0 Å². The Balaban J connectivity index is 2.29. The van der Waals surface area contributed by atoms with Gasteiger partial charge in [0.1, 0.15) is 5.75 Å². The van der Waals surface area contributed by atoms with Crippen LogP contribution in [-0.2, 0) is 4.79 Å². The van der Waals surface area contributed by atoms with Gasteiger partial charge in [-0.05, 0) is 41.9 Å². The second-order valence-electron chi connectivity index (χ2n) is 5.25. The topological polar surface area (TPSA) is 57.5 Å². The molecule has 0 unspecified atom stereocenters. The Morgan fingerprint density at radius 1 is 1.47 bits per heavy atom. The molecule has 92 valence electrons. The van der Waals surface area contributed by atoms with Crippen LogP contribution in [0, 0.1) is 5.41 Å². The van der Waals surface area contributed by atoms with E-state index in [-0.39, 0.29) is 23.5 Å². The number of phenolic OH excluding ortho intramolecular Hbond substituents is 1. The molecule has 1 fully saturated rings. The molecule has 0 heterocycles. The molecule has 17 heavy (non-hydrogen) atoms. The van der Waals surface area contributed by atoms with Gasteiger partial charge in [0.2, 0.25) is 0 Å². The first-order chi connectivity index (χ1) is 8.01. The molecule has 1 saturated carbocycles. The SMILES string of the molecule is CC1([C@H](CC(=O)O)c2cccc(O)c2)CCC1. The van der Waals surface area contributed by atoms with E-state index in [0.29, 0.717) is 0 Å². The van der Waals surface area contributed by atoms with Crippen LogP contribution in [-0.4, -0.2) is 16.2 Å². The molecule has 1 aliphatic carbocycles. The number of phenols is 1. The van der Waals surface area contributed by atoms with Gasteiger partial charge in [0.15, 0.2) is 0 Å². The minimum absolute atomic E-state index is 0.000787. The number of benzene rings is 1. The van der Waals surface area contributed by atoms with Crippen LogP contribution in [0.3, 0.4) is 0 Å². The average molecular weight is 234 g/mol. The predicted molar refractivity (Wildman–Crippen MR) is 65.1 cm³/mol. The second-order valence-corrected chi connectivity index (χ2v) is 5.25. The Kier molecular flexibility index (Phi) is 3.09. The molecule has 3 heteroatoms. The van der Waals surface area contributed by atoms with Gasteiger partial charge in [0.05, 0.1) is 6.42 Å². The van der Waals surface area contributed by atoms with E-state index in [1.807, 2.05) is 6.07 Å². The van der Waals surface area contributed by atoms with E-state index in [2.05, 4.69) is 6.92 Å². The summed E-state index contributed by atoms with van der Waals surface area (Å²) in [5, 5.41) is 18.5. The summed E-state index contributed by atoms with van der Waals surface area (Å²) in [7, 11) is 0. The van der Waals surface area contributed by atoms with Crippen LogP contribution in [0.1, 0.15) is 44.1 Å². The van der Waals surface area contributed by atoms with Crippen molar-refractivity contribution < 1.29 is 15.0 Å². The van der Waals surface area contributed by atoms with E-state index < -0.39 is 5.97 Å². The second kappa shape index (κ2) is 4.40. The molecule has 0 saturated heterocycles. The molecule has 1 aliphatic rings. The fourth-order valence-electron chi connectivity index (χ4n) is 2.77. The van der Waals surface area contributed by atoms with Gasteiger partial charge in [0, 0.05) is 0 Å². The van der Waals surface area contributed by atoms with Crippen molar-refractivity contribution in [2.24, 2.45) is 5.41 Å². The Morgan fingerprint density at radius 2 is 2.18 bits per heavy atom. The summed E-state index contributed by atoms with van der Waals surface area (Å²) in [5.74, 6) is -0.562. The Labute approximate surface area is 101 Å². The highest BCUT2D eigenvalue weighted by atomic mass is 16.4. The number of hydrogen-bond donors (Lipinski definition) is 2. The van der Waals surface area contributed by atoms with Gasteiger partial charge in [-0.2, -0.15) is 0 Å². The van der Waals surface area contributed by atoms with Crippen molar-refractivity contribution in [1.29, 1.82) is 0 Å². The van der Waals surface area contributed by atoms with Gasteiger partial charge >= 0.3 is 5.97 Å². The van der Waals surface area contributed by atoms with Crippen LogP contribution >= 0.6 is 0 Å². The van der Waals surface area contributed by atoms with Crippen molar-refractivity contribution in [3.63, 3.8) is 0 Å².